The highest BCUT2D eigenvalue weighted by atomic mass is 14.8. The number of pyridine rings is 2. The predicted molar refractivity (Wildman–Crippen MR) is 69.2 cm³/mol. The van der Waals surface area contributed by atoms with E-state index in [4.69, 9.17) is 4.98 Å². The van der Waals surface area contributed by atoms with Crippen LogP contribution in [0.15, 0.2) is 12.1 Å². The summed E-state index contributed by atoms with van der Waals surface area (Å²) in [5, 5.41) is 0. The molecule has 17 heavy (non-hydrogen) atoms. The van der Waals surface area contributed by atoms with E-state index in [1.807, 2.05) is 0 Å². The van der Waals surface area contributed by atoms with Crippen molar-refractivity contribution in [1.29, 1.82) is 0 Å². The minimum absolute atomic E-state index is 0.932. The number of rotatable bonds is 0. The van der Waals surface area contributed by atoms with Crippen molar-refractivity contribution in [2.24, 2.45) is 0 Å². The highest BCUT2D eigenvalue weighted by Crippen LogP contribution is 2.37. The van der Waals surface area contributed by atoms with E-state index in [1.165, 1.54) is 27.9 Å². The summed E-state index contributed by atoms with van der Waals surface area (Å²) in [5.41, 5.74) is 9.70. The van der Waals surface area contributed by atoms with Gasteiger partial charge in [0, 0.05) is 23.4 Å². The van der Waals surface area contributed by atoms with Crippen LogP contribution in [0, 0.1) is 27.7 Å². The van der Waals surface area contributed by atoms with Crippen LogP contribution in [-0.4, -0.2) is 9.97 Å². The van der Waals surface area contributed by atoms with Crippen molar-refractivity contribution in [3.05, 3.63) is 45.9 Å². The first-order valence-electron chi connectivity index (χ1n) is 6.01. The maximum Gasteiger partial charge on any atom is 0.0762 e. The lowest BCUT2D eigenvalue weighted by Gasteiger charge is -2.07. The first-order valence-corrected chi connectivity index (χ1v) is 6.01. The molecule has 0 atom stereocenters. The minimum Gasteiger partial charge on any atom is -0.257 e. The van der Waals surface area contributed by atoms with Gasteiger partial charge in [-0.3, -0.25) is 9.97 Å². The van der Waals surface area contributed by atoms with Crippen LogP contribution in [0.25, 0.3) is 11.3 Å². The molecule has 0 fully saturated rings. The van der Waals surface area contributed by atoms with Gasteiger partial charge in [0.2, 0.25) is 0 Å². The number of nitrogens with zero attached hydrogens (tertiary/aromatic N) is 2. The molecule has 0 saturated heterocycles. The molecule has 2 aromatic rings. The Kier molecular flexibility index (Phi) is 2.09. The summed E-state index contributed by atoms with van der Waals surface area (Å²) < 4.78 is 0. The van der Waals surface area contributed by atoms with E-state index in [-0.39, 0.29) is 0 Å². The third-order valence-corrected chi connectivity index (χ3v) is 3.56. The van der Waals surface area contributed by atoms with Crippen LogP contribution in [0.4, 0.5) is 0 Å². The van der Waals surface area contributed by atoms with Gasteiger partial charge in [-0.25, -0.2) is 0 Å². The smallest absolute Gasteiger partial charge is 0.0762 e. The summed E-state index contributed by atoms with van der Waals surface area (Å²) in [5.74, 6) is 0. The van der Waals surface area contributed by atoms with E-state index >= 15 is 0 Å². The van der Waals surface area contributed by atoms with Gasteiger partial charge < -0.3 is 0 Å². The van der Waals surface area contributed by atoms with Gasteiger partial charge in [0.05, 0.1) is 11.4 Å². The van der Waals surface area contributed by atoms with Gasteiger partial charge in [0.25, 0.3) is 0 Å². The Bertz CT molecular complexity index is 627. The number of aryl methyl sites for hydroxylation is 4. The topological polar surface area (TPSA) is 25.8 Å². The molecule has 0 aromatic carbocycles. The molecule has 0 N–H and O–H groups in total. The molecule has 0 saturated carbocycles. The standard InChI is InChI=1S/C15H16N2/c1-8-6-12-7-13-14(15(12)17-11(8)4)9(2)5-10(3)16-13/h5-6H,7H2,1-4H3. The first kappa shape index (κ1) is 10.5. The number of hydrogen-bond donors (Lipinski definition) is 0. The Morgan fingerprint density at radius 2 is 1.71 bits per heavy atom. The lowest BCUT2D eigenvalue weighted by atomic mass is 10.1. The lowest BCUT2D eigenvalue weighted by Crippen LogP contribution is -1.94. The third kappa shape index (κ3) is 1.47. The van der Waals surface area contributed by atoms with Crippen LogP contribution in [0.2, 0.25) is 0 Å². The number of hydrogen-bond acceptors (Lipinski definition) is 2. The van der Waals surface area contributed by atoms with Crippen molar-refractivity contribution in [3.63, 3.8) is 0 Å². The Morgan fingerprint density at radius 1 is 0.941 bits per heavy atom. The van der Waals surface area contributed by atoms with Crippen LogP contribution in [0.1, 0.15) is 33.8 Å². The zero-order valence-electron chi connectivity index (χ0n) is 10.8. The molecule has 0 spiro atoms. The highest BCUT2D eigenvalue weighted by Gasteiger charge is 2.23. The molecule has 0 unspecified atom stereocenters. The Hall–Kier alpha value is -1.70. The zero-order chi connectivity index (χ0) is 12.2. The van der Waals surface area contributed by atoms with Crippen LogP contribution in [-0.2, 0) is 6.42 Å². The summed E-state index contributed by atoms with van der Waals surface area (Å²) in [6, 6.07) is 4.40. The quantitative estimate of drug-likeness (QED) is 0.585. The van der Waals surface area contributed by atoms with Crippen LogP contribution in [0.3, 0.4) is 0 Å². The van der Waals surface area contributed by atoms with E-state index in [9.17, 15) is 0 Å². The molecular formula is C15H16N2. The average Bonchev–Trinajstić information content (AvgIpc) is 2.56. The molecule has 2 aromatic heterocycles. The summed E-state index contributed by atoms with van der Waals surface area (Å²) in [7, 11) is 0. The van der Waals surface area contributed by atoms with Crippen LogP contribution >= 0.6 is 0 Å². The number of fused-ring (bicyclic) bond motifs is 3. The highest BCUT2D eigenvalue weighted by molar-refractivity contribution is 5.75. The fourth-order valence-electron chi connectivity index (χ4n) is 2.66. The van der Waals surface area contributed by atoms with E-state index in [0.29, 0.717) is 0 Å². The molecule has 2 heteroatoms. The molecule has 2 nitrogen and oxygen atoms in total. The van der Waals surface area contributed by atoms with Gasteiger partial charge in [-0.1, -0.05) is 6.07 Å². The summed E-state index contributed by atoms with van der Waals surface area (Å²) in [6.45, 7) is 8.40. The molecule has 1 aliphatic carbocycles. The molecule has 2 heterocycles. The molecule has 86 valence electrons. The largest absolute Gasteiger partial charge is 0.257 e. The van der Waals surface area contributed by atoms with Gasteiger partial charge in [0.1, 0.15) is 0 Å². The van der Waals surface area contributed by atoms with Crippen molar-refractivity contribution < 1.29 is 0 Å². The van der Waals surface area contributed by atoms with E-state index in [1.54, 1.807) is 0 Å². The van der Waals surface area contributed by atoms with Gasteiger partial charge in [0.15, 0.2) is 0 Å². The summed E-state index contributed by atoms with van der Waals surface area (Å²) in [4.78, 5) is 9.39. The molecule has 3 rings (SSSR count). The maximum absolute atomic E-state index is 4.75. The fourth-order valence-corrected chi connectivity index (χ4v) is 2.66. The van der Waals surface area contributed by atoms with Crippen LogP contribution in [0.5, 0.6) is 0 Å². The van der Waals surface area contributed by atoms with Gasteiger partial charge in [-0.15, -0.1) is 0 Å². The summed E-state index contributed by atoms with van der Waals surface area (Å²) in [6.07, 6.45) is 0.932. The Labute approximate surface area is 102 Å². The van der Waals surface area contributed by atoms with Crippen molar-refractivity contribution in [2.45, 2.75) is 34.1 Å². The monoisotopic (exact) mass is 224 g/mol. The molecule has 0 bridgehead atoms. The third-order valence-electron chi connectivity index (χ3n) is 3.56. The SMILES string of the molecule is Cc1cc(C)c2c(n1)Cc1cc(C)c(C)nc1-2. The van der Waals surface area contributed by atoms with E-state index in [0.717, 1.165) is 23.5 Å². The maximum atomic E-state index is 4.75. The minimum atomic E-state index is 0.932. The molecule has 0 amide bonds. The Morgan fingerprint density at radius 3 is 2.47 bits per heavy atom. The summed E-state index contributed by atoms with van der Waals surface area (Å²) >= 11 is 0. The molecule has 0 aliphatic heterocycles. The zero-order valence-corrected chi connectivity index (χ0v) is 10.8. The van der Waals surface area contributed by atoms with Crippen molar-refractivity contribution in [2.75, 3.05) is 0 Å². The van der Waals surface area contributed by atoms with Gasteiger partial charge in [-0.2, -0.15) is 0 Å². The first-order chi connectivity index (χ1) is 8.06. The van der Waals surface area contributed by atoms with Crippen molar-refractivity contribution in [3.8, 4) is 11.3 Å². The molecule has 0 radical (unpaired) electrons. The van der Waals surface area contributed by atoms with Crippen LogP contribution < -0.4 is 0 Å². The molecule has 1 aliphatic rings. The molecular weight excluding hydrogens is 208 g/mol. The lowest BCUT2D eigenvalue weighted by molar-refractivity contribution is 1.06. The van der Waals surface area contributed by atoms with E-state index in [2.05, 4.69) is 44.8 Å². The average molecular weight is 224 g/mol. The second kappa shape index (κ2) is 3.39. The fraction of sp³-hybridized carbons (Fsp3) is 0.333. The second-order valence-corrected chi connectivity index (χ2v) is 4.98. The normalized spacial score (nSPS) is 12.5. The Balaban J connectivity index is 2.31. The van der Waals surface area contributed by atoms with Crippen molar-refractivity contribution >= 4 is 0 Å². The number of aromatic nitrogens is 2. The predicted octanol–water partition coefficient (Wildman–Crippen LogP) is 3.28. The van der Waals surface area contributed by atoms with Crippen molar-refractivity contribution in [1.82, 2.24) is 9.97 Å². The van der Waals surface area contributed by atoms with Gasteiger partial charge in [-0.05, 0) is 50.5 Å². The second-order valence-electron chi connectivity index (χ2n) is 4.98. The van der Waals surface area contributed by atoms with E-state index < -0.39 is 0 Å². The van der Waals surface area contributed by atoms with Gasteiger partial charge >= 0.3 is 0 Å².